The van der Waals surface area contributed by atoms with Crippen LogP contribution in [0.25, 0.3) is 10.9 Å². The predicted molar refractivity (Wildman–Crippen MR) is 86.7 cm³/mol. The van der Waals surface area contributed by atoms with Gasteiger partial charge in [0.1, 0.15) is 0 Å². The molecule has 3 N–H and O–H groups in total. The van der Waals surface area contributed by atoms with Gasteiger partial charge in [-0.2, -0.15) is 0 Å². The molecule has 21 heavy (non-hydrogen) atoms. The molecule has 0 aliphatic carbocycles. The van der Waals surface area contributed by atoms with E-state index in [0.717, 1.165) is 24.1 Å². The molecule has 0 saturated carbocycles. The second-order valence-electron chi connectivity index (χ2n) is 5.25. The standard InChI is InChI=1S/C18H19N3/c19-21-17(12-14-6-2-1-3-7-14)13-16-11-10-15-8-4-5-9-18(15)20-16/h1-11,17,21H,12-13,19H2. The summed E-state index contributed by atoms with van der Waals surface area (Å²) in [7, 11) is 0. The van der Waals surface area contributed by atoms with Gasteiger partial charge in [0, 0.05) is 23.5 Å². The van der Waals surface area contributed by atoms with Gasteiger partial charge in [-0.3, -0.25) is 16.3 Å². The lowest BCUT2D eigenvalue weighted by molar-refractivity contribution is 0.518. The van der Waals surface area contributed by atoms with Crippen LogP contribution in [-0.2, 0) is 12.8 Å². The fourth-order valence-electron chi connectivity index (χ4n) is 2.56. The van der Waals surface area contributed by atoms with E-state index in [1.54, 1.807) is 0 Å². The molecular weight excluding hydrogens is 258 g/mol. The van der Waals surface area contributed by atoms with E-state index < -0.39 is 0 Å². The normalized spacial score (nSPS) is 12.4. The van der Waals surface area contributed by atoms with Crippen molar-refractivity contribution in [1.29, 1.82) is 0 Å². The molecule has 0 amide bonds. The fraction of sp³-hybridized carbons (Fsp3) is 0.167. The van der Waals surface area contributed by atoms with Crippen LogP contribution in [0.1, 0.15) is 11.3 Å². The van der Waals surface area contributed by atoms with Crippen LogP contribution in [0.5, 0.6) is 0 Å². The molecule has 1 unspecified atom stereocenters. The van der Waals surface area contributed by atoms with Crippen molar-refractivity contribution in [3.63, 3.8) is 0 Å². The third-order valence-electron chi connectivity index (χ3n) is 3.67. The van der Waals surface area contributed by atoms with Gasteiger partial charge in [-0.1, -0.05) is 54.6 Å². The van der Waals surface area contributed by atoms with Crippen molar-refractivity contribution in [2.75, 3.05) is 0 Å². The molecule has 106 valence electrons. The van der Waals surface area contributed by atoms with Gasteiger partial charge in [0.05, 0.1) is 5.52 Å². The van der Waals surface area contributed by atoms with Crippen molar-refractivity contribution in [3.05, 3.63) is 78.0 Å². The highest BCUT2D eigenvalue weighted by atomic mass is 15.2. The van der Waals surface area contributed by atoms with E-state index in [9.17, 15) is 0 Å². The molecular formula is C18H19N3. The second kappa shape index (κ2) is 6.48. The minimum Gasteiger partial charge on any atom is -0.271 e. The number of nitrogens with zero attached hydrogens (tertiary/aromatic N) is 1. The van der Waals surface area contributed by atoms with Crippen LogP contribution in [0.15, 0.2) is 66.7 Å². The van der Waals surface area contributed by atoms with Crippen molar-refractivity contribution in [2.24, 2.45) is 5.84 Å². The Morgan fingerprint density at radius 3 is 2.43 bits per heavy atom. The van der Waals surface area contributed by atoms with Gasteiger partial charge >= 0.3 is 0 Å². The number of fused-ring (bicyclic) bond motifs is 1. The summed E-state index contributed by atoms with van der Waals surface area (Å²) in [6.07, 6.45) is 1.71. The molecule has 1 heterocycles. The molecule has 3 aromatic rings. The number of benzene rings is 2. The molecule has 3 nitrogen and oxygen atoms in total. The van der Waals surface area contributed by atoms with Crippen molar-refractivity contribution >= 4 is 10.9 Å². The summed E-state index contributed by atoms with van der Waals surface area (Å²) in [6.45, 7) is 0. The van der Waals surface area contributed by atoms with Crippen molar-refractivity contribution in [3.8, 4) is 0 Å². The van der Waals surface area contributed by atoms with Gasteiger partial charge in [0.25, 0.3) is 0 Å². The molecule has 3 rings (SSSR count). The number of nitrogens with two attached hydrogens (primary N) is 1. The number of rotatable bonds is 5. The Kier molecular flexibility index (Phi) is 4.24. The Labute approximate surface area is 124 Å². The van der Waals surface area contributed by atoms with Crippen LogP contribution >= 0.6 is 0 Å². The van der Waals surface area contributed by atoms with Gasteiger partial charge in [-0.05, 0) is 24.1 Å². The van der Waals surface area contributed by atoms with E-state index in [1.807, 2.05) is 24.3 Å². The van der Waals surface area contributed by atoms with Crippen LogP contribution in [0.4, 0.5) is 0 Å². The molecule has 0 aliphatic heterocycles. The van der Waals surface area contributed by atoms with Gasteiger partial charge in [-0.15, -0.1) is 0 Å². The first-order chi connectivity index (χ1) is 10.3. The first kappa shape index (κ1) is 13.7. The number of para-hydroxylation sites is 1. The Bertz CT molecular complexity index is 710. The highest BCUT2D eigenvalue weighted by Gasteiger charge is 2.10. The zero-order chi connectivity index (χ0) is 14.5. The molecule has 0 bridgehead atoms. The summed E-state index contributed by atoms with van der Waals surface area (Å²) in [5, 5.41) is 1.17. The fourth-order valence-corrected chi connectivity index (χ4v) is 2.56. The average Bonchev–Trinajstić information content (AvgIpc) is 2.55. The third kappa shape index (κ3) is 3.45. The second-order valence-corrected chi connectivity index (χ2v) is 5.25. The maximum absolute atomic E-state index is 5.70. The quantitative estimate of drug-likeness (QED) is 0.557. The molecule has 0 fully saturated rings. The first-order valence-electron chi connectivity index (χ1n) is 7.20. The van der Waals surface area contributed by atoms with Crippen LogP contribution in [-0.4, -0.2) is 11.0 Å². The van der Waals surface area contributed by atoms with Crippen LogP contribution < -0.4 is 11.3 Å². The summed E-state index contributed by atoms with van der Waals surface area (Å²) in [4.78, 5) is 4.71. The van der Waals surface area contributed by atoms with Crippen molar-refractivity contribution < 1.29 is 0 Å². The Hall–Kier alpha value is -2.23. The van der Waals surface area contributed by atoms with Crippen LogP contribution in [0.2, 0.25) is 0 Å². The zero-order valence-electron chi connectivity index (χ0n) is 11.9. The van der Waals surface area contributed by atoms with E-state index in [0.29, 0.717) is 0 Å². The van der Waals surface area contributed by atoms with E-state index in [2.05, 4.69) is 47.9 Å². The zero-order valence-corrected chi connectivity index (χ0v) is 11.9. The smallest absolute Gasteiger partial charge is 0.0705 e. The molecule has 0 radical (unpaired) electrons. The first-order valence-corrected chi connectivity index (χ1v) is 7.20. The van der Waals surface area contributed by atoms with Crippen LogP contribution in [0, 0.1) is 0 Å². The van der Waals surface area contributed by atoms with E-state index in [-0.39, 0.29) is 6.04 Å². The summed E-state index contributed by atoms with van der Waals surface area (Å²) in [5.41, 5.74) is 6.28. The highest BCUT2D eigenvalue weighted by Crippen LogP contribution is 2.14. The Balaban J connectivity index is 1.76. The van der Waals surface area contributed by atoms with E-state index in [4.69, 9.17) is 10.8 Å². The Morgan fingerprint density at radius 2 is 1.62 bits per heavy atom. The average molecular weight is 277 g/mol. The van der Waals surface area contributed by atoms with Crippen LogP contribution in [0.3, 0.4) is 0 Å². The minimum absolute atomic E-state index is 0.182. The summed E-state index contributed by atoms with van der Waals surface area (Å²) in [6, 6.07) is 22.9. The molecule has 2 aromatic carbocycles. The predicted octanol–water partition coefficient (Wildman–Crippen LogP) is 2.85. The summed E-state index contributed by atoms with van der Waals surface area (Å²) < 4.78 is 0. The highest BCUT2D eigenvalue weighted by molar-refractivity contribution is 5.78. The van der Waals surface area contributed by atoms with Crippen molar-refractivity contribution in [2.45, 2.75) is 18.9 Å². The minimum atomic E-state index is 0.182. The number of nitrogens with one attached hydrogen (secondary N) is 1. The SMILES string of the molecule is NNC(Cc1ccccc1)Cc1ccc2ccccc2n1. The van der Waals surface area contributed by atoms with E-state index >= 15 is 0 Å². The number of hydrazine groups is 1. The van der Waals surface area contributed by atoms with E-state index in [1.165, 1.54) is 10.9 Å². The van der Waals surface area contributed by atoms with Gasteiger partial charge in [0.15, 0.2) is 0 Å². The maximum atomic E-state index is 5.70. The number of pyridine rings is 1. The number of hydrogen-bond donors (Lipinski definition) is 2. The van der Waals surface area contributed by atoms with Gasteiger partial charge < -0.3 is 0 Å². The third-order valence-corrected chi connectivity index (χ3v) is 3.67. The lowest BCUT2D eigenvalue weighted by Gasteiger charge is -2.15. The number of hydrogen-bond acceptors (Lipinski definition) is 3. The summed E-state index contributed by atoms with van der Waals surface area (Å²) in [5.74, 6) is 5.70. The molecule has 1 aromatic heterocycles. The molecule has 0 saturated heterocycles. The number of aromatic nitrogens is 1. The molecule has 0 spiro atoms. The monoisotopic (exact) mass is 277 g/mol. The Morgan fingerprint density at radius 1 is 0.857 bits per heavy atom. The van der Waals surface area contributed by atoms with Crippen molar-refractivity contribution in [1.82, 2.24) is 10.4 Å². The molecule has 0 aliphatic rings. The molecule has 3 heteroatoms. The largest absolute Gasteiger partial charge is 0.271 e. The van der Waals surface area contributed by atoms with Gasteiger partial charge in [0.2, 0.25) is 0 Å². The molecule has 1 atom stereocenters. The lowest BCUT2D eigenvalue weighted by Crippen LogP contribution is -2.38. The lowest BCUT2D eigenvalue weighted by atomic mass is 10.0. The summed E-state index contributed by atoms with van der Waals surface area (Å²) >= 11 is 0. The maximum Gasteiger partial charge on any atom is 0.0705 e. The van der Waals surface area contributed by atoms with Gasteiger partial charge in [-0.25, -0.2) is 0 Å². The topological polar surface area (TPSA) is 50.9 Å².